The Morgan fingerprint density at radius 2 is 1.00 bits per heavy atom. The van der Waals surface area contributed by atoms with E-state index in [9.17, 15) is 17.6 Å². The first-order valence-corrected chi connectivity index (χ1v) is 1.41. The van der Waals surface area contributed by atoms with E-state index in [-0.39, 0.29) is 6.15 Å². The molecule has 0 aromatic rings. The lowest BCUT2D eigenvalue weighted by Crippen LogP contribution is -2.02. The second kappa shape index (κ2) is 1.32. The van der Waals surface area contributed by atoms with E-state index < -0.39 is 12.2 Å². The summed E-state index contributed by atoms with van der Waals surface area (Å²) < 4.78 is 46.4. The molecule has 0 spiro atoms. The zero-order valence-electron chi connectivity index (χ0n) is 3.63. The van der Waals surface area contributed by atoms with Gasteiger partial charge in [0.25, 0.3) is 0 Å². The minimum absolute atomic E-state index is 0. The van der Waals surface area contributed by atoms with Crippen molar-refractivity contribution in [2.75, 3.05) is 0 Å². The van der Waals surface area contributed by atoms with Crippen LogP contribution in [0.4, 0.5) is 17.6 Å². The summed E-state index contributed by atoms with van der Waals surface area (Å²) in [5.74, 6) is 0. The van der Waals surface area contributed by atoms with Crippen molar-refractivity contribution in [2.45, 2.75) is 12.2 Å². The Morgan fingerprint density at radius 1 is 0.875 bits per heavy atom. The van der Waals surface area contributed by atoms with Crippen molar-refractivity contribution in [3.8, 4) is 0 Å². The second-order valence-corrected chi connectivity index (χ2v) is 1.14. The van der Waals surface area contributed by atoms with Gasteiger partial charge in [-0.25, -0.2) is 4.74 Å². The third kappa shape index (κ3) is 0.760. The van der Waals surface area contributed by atoms with Gasteiger partial charge in [0.15, 0.2) is 0 Å². The molecule has 0 bridgehead atoms. The monoisotopic (exact) mass is 133 g/mol. The maximum atomic E-state index is 10.9. The van der Waals surface area contributed by atoms with Gasteiger partial charge < -0.3 is 6.15 Å². The first-order valence-electron chi connectivity index (χ1n) is 1.41. The predicted molar refractivity (Wildman–Crippen MR) is 16.0 cm³/mol. The van der Waals surface area contributed by atoms with E-state index in [2.05, 4.69) is 4.74 Å². The predicted octanol–water partition coefficient (Wildman–Crippen LogP) is 1.36. The molecule has 1 fully saturated rings. The molecule has 1 rings (SSSR count). The molecule has 1 heterocycles. The summed E-state index contributed by atoms with van der Waals surface area (Å²) in [5, 5.41) is 0. The highest BCUT2D eigenvalue weighted by molar-refractivity contribution is 4.81. The molecule has 0 atom stereocenters. The fraction of sp³-hybridized carbons (Fsp3) is 1.00. The van der Waals surface area contributed by atoms with Crippen molar-refractivity contribution in [3.05, 3.63) is 0 Å². The summed E-state index contributed by atoms with van der Waals surface area (Å²) in [6, 6.07) is 0. The maximum absolute atomic E-state index is 10.9. The zero-order chi connectivity index (χ0) is 5.71. The van der Waals surface area contributed by atoms with Gasteiger partial charge in [0, 0.05) is 0 Å². The number of rotatable bonds is 0. The molecule has 0 radical (unpaired) electrons. The lowest BCUT2D eigenvalue weighted by molar-refractivity contribution is -0.0278. The summed E-state index contributed by atoms with van der Waals surface area (Å²) in [6.07, 6.45) is -8.38. The van der Waals surface area contributed by atoms with Gasteiger partial charge in [-0.2, -0.15) is 17.6 Å². The Bertz CT molecular complexity index is 90.2. The minimum atomic E-state index is -4.19. The molecule has 0 aromatic carbocycles. The average molecular weight is 133 g/mol. The van der Waals surface area contributed by atoms with Crippen molar-refractivity contribution >= 4 is 0 Å². The van der Waals surface area contributed by atoms with Crippen LogP contribution in [0.25, 0.3) is 0 Å². The molecule has 0 amide bonds. The molecular formula is C2H3F4NO. The smallest absolute Gasteiger partial charge is 0.344 e. The van der Waals surface area contributed by atoms with Crippen LogP contribution < -0.4 is 6.15 Å². The molecule has 0 aliphatic carbocycles. The largest absolute Gasteiger partial charge is 0.453 e. The minimum Gasteiger partial charge on any atom is -0.344 e. The molecular weight excluding hydrogens is 130 g/mol. The van der Waals surface area contributed by atoms with E-state index in [0.717, 1.165) is 0 Å². The molecule has 3 N–H and O–H groups in total. The number of epoxide rings is 1. The maximum Gasteiger partial charge on any atom is 0.453 e. The number of hydrogen-bond donors (Lipinski definition) is 1. The number of halogens is 4. The van der Waals surface area contributed by atoms with Crippen molar-refractivity contribution < 1.29 is 22.3 Å². The Kier molecular flexibility index (Phi) is 1.26. The van der Waals surface area contributed by atoms with E-state index >= 15 is 0 Å². The quantitative estimate of drug-likeness (QED) is 0.400. The van der Waals surface area contributed by atoms with Gasteiger partial charge in [0.05, 0.1) is 0 Å². The van der Waals surface area contributed by atoms with Crippen LogP contribution in [-0.2, 0) is 4.74 Å². The van der Waals surface area contributed by atoms with E-state index in [1.165, 1.54) is 0 Å². The van der Waals surface area contributed by atoms with Gasteiger partial charge in [0.2, 0.25) is 0 Å². The van der Waals surface area contributed by atoms with Crippen LogP contribution in [0, 0.1) is 0 Å². The molecule has 1 aliphatic heterocycles. The normalized spacial score (nSPS) is 28.5. The van der Waals surface area contributed by atoms with Crippen LogP contribution in [0.15, 0.2) is 0 Å². The first-order chi connectivity index (χ1) is 2.96. The lowest BCUT2D eigenvalue weighted by atomic mass is 10.8. The number of alkyl halides is 4. The van der Waals surface area contributed by atoms with Crippen molar-refractivity contribution in [1.29, 1.82) is 0 Å². The summed E-state index contributed by atoms with van der Waals surface area (Å²) in [5.41, 5.74) is 0. The van der Waals surface area contributed by atoms with Crippen molar-refractivity contribution in [3.63, 3.8) is 0 Å². The fourth-order valence-corrected chi connectivity index (χ4v) is 0.135. The second-order valence-electron chi connectivity index (χ2n) is 1.14. The molecule has 2 nitrogen and oxygen atoms in total. The van der Waals surface area contributed by atoms with Crippen LogP contribution in [0.1, 0.15) is 0 Å². The van der Waals surface area contributed by atoms with Gasteiger partial charge >= 0.3 is 12.2 Å². The highest BCUT2D eigenvalue weighted by Gasteiger charge is 2.79. The van der Waals surface area contributed by atoms with Crippen LogP contribution in [0.5, 0.6) is 0 Å². The summed E-state index contributed by atoms with van der Waals surface area (Å²) in [6.45, 7) is 0. The molecule has 6 heteroatoms. The Morgan fingerprint density at radius 3 is 1.00 bits per heavy atom. The van der Waals surface area contributed by atoms with Crippen molar-refractivity contribution in [1.82, 2.24) is 6.15 Å². The van der Waals surface area contributed by atoms with E-state index in [1.54, 1.807) is 0 Å². The molecule has 0 aromatic heterocycles. The Hall–Kier alpha value is -0.360. The Balaban J connectivity index is 0.000000490. The zero-order valence-corrected chi connectivity index (χ0v) is 3.63. The molecule has 1 saturated heterocycles. The van der Waals surface area contributed by atoms with E-state index in [4.69, 9.17) is 0 Å². The standard InChI is InChI=1S/C2F4O.H3N/c3-1(4)2(5,6)7-1;/h;1H3. The van der Waals surface area contributed by atoms with Crippen LogP contribution >= 0.6 is 0 Å². The molecule has 0 saturated carbocycles. The highest BCUT2D eigenvalue weighted by Crippen LogP contribution is 2.52. The number of ether oxygens (including phenoxy) is 1. The van der Waals surface area contributed by atoms with Crippen LogP contribution in [-0.4, -0.2) is 12.2 Å². The summed E-state index contributed by atoms with van der Waals surface area (Å²) in [7, 11) is 0. The molecule has 8 heavy (non-hydrogen) atoms. The Labute approximate surface area is 42.0 Å². The van der Waals surface area contributed by atoms with Crippen LogP contribution in [0.3, 0.4) is 0 Å². The average Bonchev–Trinajstić information content (AvgIpc) is 1.63. The SMILES string of the molecule is FC1(F)OC1(F)F.N. The topological polar surface area (TPSA) is 47.5 Å². The van der Waals surface area contributed by atoms with Gasteiger partial charge in [0.1, 0.15) is 0 Å². The highest BCUT2D eigenvalue weighted by atomic mass is 19.4. The molecule has 50 valence electrons. The number of hydrogen-bond acceptors (Lipinski definition) is 2. The molecule has 1 aliphatic rings. The van der Waals surface area contributed by atoms with Crippen LogP contribution in [0.2, 0.25) is 0 Å². The van der Waals surface area contributed by atoms with Crippen molar-refractivity contribution in [2.24, 2.45) is 0 Å². The third-order valence-corrected chi connectivity index (χ3v) is 0.554. The lowest BCUT2D eigenvalue weighted by Gasteiger charge is -1.78. The third-order valence-electron chi connectivity index (χ3n) is 0.554. The van der Waals surface area contributed by atoms with E-state index in [1.807, 2.05) is 0 Å². The van der Waals surface area contributed by atoms with E-state index in [0.29, 0.717) is 0 Å². The fourth-order valence-electron chi connectivity index (χ4n) is 0.135. The van der Waals surface area contributed by atoms with Gasteiger partial charge in [-0.3, -0.25) is 0 Å². The summed E-state index contributed by atoms with van der Waals surface area (Å²) >= 11 is 0. The molecule has 0 unspecified atom stereocenters. The first kappa shape index (κ1) is 7.64. The van der Waals surface area contributed by atoms with Gasteiger partial charge in [-0.05, 0) is 0 Å². The van der Waals surface area contributed by atoms with Gasteiger partial charge in [-0.15, -0.1) is 0 Å². The summed E-state index contributed by atoms with van der Waals surface area (Å²) in [4.78, 5) is 0. The van der Waals surface area contributed by atoms with Gasteiger partial charge in [-0.1, -0.05) is 0 Å².